The fraction of sp³-hybridized carbons (Fsp3) is 0.429. The van der Waals surface area contributed by atoms with E-state index in [-0.39, 0.29) is 11.4 Å². The molecule has 0 spiro atoms. The maximum atomic E-state index is 12.3. The largest absolute Gasteiger partial charge is 0.264 e. The second-order valence-corrected chi connectivity index (χ2v) is 4.49. The van der Waals surface area contributed by atoms with E-state index >= 15 is 0 Å². The van der Waals surface area contributed by atoms with Gasteiger partial charge in [0.25, 0.3) is 6.43 Å². The van der Waals surface area contributed by atoms with Crippen LogP contribution in [-0.4, -0.2) is 0 Å². The summed E-state index contributed by atoms with van der Waals surface area (Å²) in [5.74, 6) is -0.132. The number of benzene rings is 2. The maximum Gasteiger partial charge on any atom is 0.264 e. The first-order chi connectivity index (χ1) is 11.9. The van der Waals surface area contributed by atoms with Gasteiger partial charge >= 0.3 is 0 Å². The van der Waals surface area contributed by atoms with Crippen LogP contribution in [0.1, 0.15) is 64.7 Å². The van der Waals surface area contributed by atoms with E-state index in [1.165, 1.54) is 24.3 Å². The van der Waals surface area contributed by atoms with E-state index in [4.69, 9.17) is 11.6 Å². The van der Waals surface area contributed by atoms with Gasteiger partial charge in [-0.25, -0.2) is 13.2 Å². The van der Waals surface area contributed by atoms with Gasteiger partial charge in [-0.2, -0.15) is 0 Å². The summed E-state index contributed by atoms with van der Waals surface area (Å²) in [6.07, 6.45) is -2.41. The highest BCUT2D eigenvalue weighted by molar-refractivity contribution is 6.30. The first kappa shape index (κ1) is 28.3. The first-order valence-corrected chi connectivity index (χ1v) is 9.05. The van der Waals surface area contributed by atoms with Crippen LogP contribution in [-0.2, 0) is 0 Å². The molecule has 0 aliphatic heterocycles. The van der Waals surface area contributed by atoms with Gasteiger partial charge in [-0.3, -0.25) is 0 Å². The van der Waals surface area contributed by atoms with Crippen LogP contribution in [0.15, 0.2) is 42.5 Å². The number of aryl methyl sites for hydroxylation is 2. The minimum Gasteiger partial charge on any atom is -0.207 e. The summed E-state index contributed by atoms with van der Waals surface area (Å²) in [6.45, 7) is 15.4. The zero-order valence-corrected chi connectivity index (χ0v) is 17.4. The van der Waals surface area contributed by atoms with Crippen molar-refractivity contribution in [2.45, 2.75) is 61.8 Å². The molecular formula is C21H32ClF3. The Morgan fingerprint density at radius 1 is 0.760 bits per heavy atom. The Kier molecular flexibility index (Phi) is 21.4. The molecular weight excluding hydrogens is 345 g/mol. The van der Waals surface area contributed by atoms with Gasteiger partial charge in [0.15, 0.2) is 0 Å². The number of halogens is 4. The molecule has 0 nitrogen and oxygen atoms in total. The minimum atomic E-state index is -2.41. The topological polar surface area (TPSA) is 0 Å². The van der Waals surface area contributed by atoms with Crippen molar-refractivity contribution in [3.63, 3.8) is 0 Å². The predicted molar refractivity (Wildman–Crippen MR) is 106 cm³/mol. The summed E-state index contributed by atoms with van der Waals surface area (Å²) in [5, 5.41) is 0.493. The zero-order valence-electron chi connectivity index (χ0n) is 16.6. The molecule has 0 unspecified atom stereocenters. The van der Waals surface area contributed by atoms with Crippen LogP contribution in [0, 0.1) is 19.7 Å². The fourth-order valence-electron chi connectivity index (χ4n) is 1.43. The zero-order chi connectivity index (χ0) is 20.4. The average Bonchev–Trinajstić information content (AvgIpc) is 2.63. The van der Waals surface area contributed by atoms with Gasteiger partial charge < -0.3 is 0 Å². The van der Waals surface area contributed by atoms with Crippen molar-refractivity contribution >= 4 is 11.6 Å². The lowest BCUT2D eigenvalue weighted by molar-refractivity contribution is 0.150. The summed E-state index contributed by atoms with van der Waals surface area (Å²) in [7, 11) is 0. The number of rotatable bonds is 1. The molecule has 0 atom stereocenters. The molecule has 0 saturated heterocycles. The van der Waals surface area contributed by atoms with Gasteiger partial charge in [-0.1, -0.05) is 77.4 Å². The van der Waals surface area contributed by atoms with Crippen LogP contribution in [0.2, 0.25) is 5.02 Å². The summed E-state index contributed by atoms with van der Waals surface area (Å²) in [5.41, 5.74) is 1.29. The van der Waals surface area contributed by atoms with Crippen molar-refractivity contribution in [1.82, 2.24) is 0 Å². The van der Waals surface area contributed by atoms with Gasteiger partial charge in [-0.15, -0.1) is 0 Å². The molecule has 2 rings (SSSR count). The Morgan fingerprint density at radius 3 is 1.56 bits per heavy atom. The first-order valence-electron chi connectivity index (χ1n) is 8.67. The smallest absolute Gasteiger partial charge is 0.207 e. The Hall–Kier alpha value is -1.48. The van der Waals surface area contributed by atoms with Crippen molar-refractivity contribution in [2.75, 3.05) is 0 Å². The van der Waals surface area contributed by atoms with E-state index < -0.39 is 6.43 Å². The van der Waals surface area contributed by atoms with Crippen molar-refractivity contribution < 1.29 is 13.2 Å². The van der Waals surface area contributed by atoms with Gasteiger partial charge in [0.2, 0.25) is 0 Å². The monoisotopic (exact) mass is 376 g/mol. The number of hydrogen-bond donors (Lipinski definition) is 0. The summed E-state index contributed by atoms with van der Waals surface area (Å²) in [6, 6.07) is 11.0. The van der Waals surface area contributed by atoms with E-state index in [0.717, 1.165) is 0 Å². The van der Waals surface area contributed by atoms with Crippen molar-refractivity contribution in [2.24, 2.45) is 0 Å². The van der Waals surface area contributed by atoms with E-state index in [0.29, 0.717) is 16.1 Å². The molecule has 2 aromatic carbocycles. The van der Waals surface area contributed by atoms with Crippen LogP contribution < -0.4 is 0 Å². The van der Waals surface area contributed by atoms with Crippen molar-refractivity contribution in [3.05, 3.63) is 70.0 Å². The normalized spacial score (nSPS) is 8.36. The predicted octanol–water partition coefficient (Wildman–Crippen LogP) is 8.80. The molecule has 0 radical (unpaired) electrons. The Morgan fingerprint density at radius 2 is 1.24 bits per heavy atom. The lowest BCUT2D eigenvalue weighted by atomic mass is 10.1. The number of alkyl halides is 2. The second-order valence-electron chi connectivity index (χ2n) is 4.05. The molecule has 0 N–H and O–H groups in total. The highest BCUT2D eigenvalue weighted by atomic mass is 35.5. The average molecular weight is 377 g/mol. The molecule has 0 bridgehead atoms. The molecule has 0 fully saturated rings. The van der Waals surface area contributed by atoms with Crippen LogP contribution in [0.4, 0.5) is 13.2 Å². The van der Waals surface area contributed by atoms with Gasteiger partial charge in [0.05, 0.1) is 0 Å². The molecule has 0 amide bonds. The lowest BCUT2D eigenvalue weighted by Crippen LogP contribution is -1.87. The fourth-order valence-corrected chi connectivity index (χ4v) is 1.66. The Bertz CT molecular complexity index is 519. The molecule has 0 aliphatic rings. The maximum absolute atomic E-state index is 12.3. The minimum absolute atomic E-state index is 0.0504. The van der Waals surface area contributed by atoms with Crippen molar-refractivity contribution in [1.29, 1.82) is 0 Å². The summed E-state index contributed by atoms with van der Waals surface area (Å²) >= 11 is 5.58. The lowest BCUT2D eigenvalue weighted by Gasteiger charge is -2.03. The van der Waals surface area contributed by atoms with E-state index in [1.807, 2.05) is 47.6 Å². The van der Waals surface area contributed by atoms with Crippen LogP contribution in [0.5, 0.6) is 0 Å². The van der Waals surface area contributed by atoms with Gasteiger partial charge in [0, 0.05) is 10.6 Å². The number of hydrogen-bond acceptors (Lipinski definition) is 0. The molecule has 25 heavy (non-hydrogen) atoms. The SMILES string of the molecule is CC.CC.CC.Cc1cc(Cl)ccc1C(F)F.Cc1ccccc1F. The molecule has 0 aromatic heterocycles. The summed E-state index contributed by atoms with van der Waals surface area (Å²) < 4.78 is 36.6. The molecule has 0 aliphatic carbocycles. The van der Waals surface area contributed by atoms with E-state index in [1.54, 1.807) is 26.0 Å². The Labute approximate surface area is 157 Å². The Balaban J connectivity index is -0.000000305. The van der Waals surface area contributed by atoms with E-state index in [2.05, 4.69) is 0 Å². The molecule has 4 heteroatoms. The second kappa shape index (κ2) is 18.9. The third-order valence-corrected chi connectivity index (χ3v) is 2.78. The molecule has 144 valence electrons. The summed E-state index contributed by atoms with van der Waals surface area (Å²) in [4.78, 5) is 0. The van der Waals surface area contributed by atoms with Crippen LogP contribution in [0.3, 0.4) is 0 Å². The highest BCUT2D eigenvalue weighted by Crippen LogP contribution is 2.24. The molecule has 0 heterocycles. The third kappa shape index (κ3) is 13.5. The van der Waals surface area contributed by atoms with Gasteiger partial charge in [-0.05, 0) is 43.2 Å². The quantitative estimate of drug-likeness (QED) is 0.466. The van der Waals surface area contributed by atoms with E-state index in [9.17, 15) is 13.2 Å². The third-order valence-electron chi connectivity index (χ3n) is 2.54. The van der Waals surface area contributed by atoms with Gasteiger partial charge in [0.1, 0.15) is 5.82 Å². The van der Waals surface area contributed by atoms with Crippen LogP contribution >= 0.6 is 11.6 Å². The highest BCUT2D eigenvalue weighted by Gasteiger charge is 2.09. The van der Waals surface area contributed by atoms with Crippen molar-refractivity contribution in [3.8, 4) is 0 Å². The molecule has 0 saturated carbocycles. The standard InChI is InChI=1S/C8H7ClF2.C7H7F.3C2H6/c1-5-4-6(9)2-3-7(5)8(10)11;1-6-4-2-3-5-7(6)8;3*1-2/h2-4,8H,1H3;2-5H,1H3;3*1-2H3. The van der Waals surface area contributed by atoms with Crippen LogP contribution in [0.25, 0.3) is 0 Å². The molecule has 2 aromatic rings.